The Labute approximate surface area is 106 Å². The Balaban J connectivity index is 2.34. The van der Waals surface area contributed by atoms with E-state index in [4.69, 9.17) is 16.7 Å². The normalized spacial score (nSPS) is 12.7. The first kappa shape index (κ1) is 13.8. The van der Waals surface area contributed by atoms with Gasteiger partial charge in [-0.2, -0.15) is 0 Å². The zero-order chi connectivity index (χ0) is 11.8. The summed E-state index contributed by atoms with van der Waals surface area (Å²) < 4.78 is 0. The van der Waals surface area contributed by atoms with Gasteiger partial charge in [-0.3, -0.25) is 0 Å². The fraction of sp³-hybridized carbons (Fsp3) is 0.545. The van der Waals surface area contributed by atoms with Crippen molar-refractivity contribution in [1.29, 1.82) is 0 Å². The maximum atomic E-state index is 9.16. The van der Waals surface area contributed by atoms with Gasteiger partial charge in [0.1, 0.15) is 0 Å². The molecule has 0 aliphatic carbocycles. The highest BCUT2D eigenvalue weighted by Crippen LogP contribution is 2.17. The van der Waals surface area contributed by atoms with E-state index in [-0.39, 0.29) is 12.6 Å². The molecule has 0 saturated heterocycles. The van der Waals surface area contributed by atoms with E-state index in [1.54, 1.807) is 18.0 Å². The smallest absolute Gasteiger partial charge is 0.0961 e. The number of hydrogen-bond acceptors (Lipinski definition) is 4. The highest BCUT2D eigenvalue weighted by Gasteiger charge is 2.07. The zero-order valence-corrected chi connectivity index (χ0v) is 10.9. The first-order valence-corrected chi connectivity index (χ1v) is 6.71. The first-order valence-electron chi connectivity index (χ1n) is 5.35. The Bertz CT molecular complexity index is 295. The molecule has 5 heteroatoms. The summed E-state index contributed by atoms with van der Waals surface area (Å²) in [5.74, 6) is 0.811. The largest absolute Gasteiger partial charge is 0.395 e. The first-order chi connectivity index (χ1) is 7.76. The topological polar surface area (TPSA) is 45.1 Å². The summed E-state index contributed by atoms with van der Waals surface area (Å²) in [4.78, 5) is 4.19. The Morgan fingerprint density at radius 2 is 2.38 bits per heavy atom. The predicted molar refractivity (Wildman–Crippen MR) is 69.1 cm³/mol. The molecule has 0 aromatic carbocycles. The maximum absolute atomic E-state index is 9.16. The molecule has 0 amide bonds. The van der Waals surface area contributed by atoms with Gasteiger partial charge in [0.25, 0.3) is 0 Å². The van der Waals surface area contributed by atoms with Crippen molar-refractivity contribution in [2.45, 2.75) is 24.4 Å². The molecule has 0 aliphatic heterocycles. The fourth-order valence-electron chi connectivity index (χ4n) is 1.16. The molecule has 1 aromatic rings. The van der Waals surface area contributed by atoms with Crippen LogP contribution in [0.3, 0.4) is 0 Å². The van der Waals surface area contributed by atoms with Crippen LogP contribution in [0, 0.1) is 0 Å². The van der Waals surface area contributed by atoms with E-state index in [0.717, 1.165) is 23.7 Å². The Hall–Kier alpha value is -0.290. The summed E-state index contributed by atoms with van der Waals surface area (Å²) in [7, 11) is 0. The van der Waals surface area contributed by atoms with Crippen molar-refractivity contribution in [2.24, 2.45) is 0 Å². The number of rotatable bonds is 7. The van der Waals surface area contributed by atoms with E-state index in [9.17, 15) is 0 Å². The van der Waals surface area contributed by atoms with Crippen LogP contribution < -0.4 is 5.32 Å². The number of aliphatic hydroxyl groups is 1. The van der Waals surface area contributed by atoms with Crippen molar-refractivity contribution >= 4 is 23.4 Å². The van der Waals surface area contributed by atoms with Crippen LogP contribution in [0.15, 0.2) is 23.4 Å². The van der Waals surface area contributed by atoms with Crippen LogP contribution in [0.2, 0.25) is 5.02 Å². The van der Waals surface area contributed by atoms with Crippen molar-refractivity contribution < 1.29 is 5.11 Å². The second-order valence-corrected chi connectivity index (χ2v) is 4.94. The molecule has 3 nitrogen and oxygen atoms in total. The second kappa shape index (κ2) is 7.90. The van der Waals surface area contributed by atoms with Crippen molar-refractivity contribution in [2.75, 3.05) is 18.9 Å². The summed E-state index contributed by atoms with van der Waals surface area (Å²) in [5.41, 5.74) is 0. The minimum atomic E-state index is 0.127. The Kier molecular flexibility index (Phi) is 6.80. The molecule has 2 N–H and O–H groups in total. The quantitative estimate of drug-likeness (QED) is 0.738. The van der Waals surface area contributed by atoms with Crippen LogP contribution in [0.1, 0.15) is 13.3 Å². The number of aliphatic hydroxyl groups excluding tert-OH is 1. The number of pyridine rings is 1. The molecule has 0 radical (unpaired) electrons. The van der Waals surface area contributed by atoms with Crippen LogP contribution in [-0.4, -0.2) is 35.0 Å². The molecular formula is C11H17ClN2OS. The number of hydrogen-bond donors (Lipinski definition) is 2. The van der Waals surface area contributed by atoms with Gasteiger partial charge in [0, 0.05) is 18.0 Å². The third-order valence-corrected chi connectivity index (χ3v) is 3.37. The summed E-state index contributed by atoms with van der Waals surface area (Å²) in [6.45, 7) is 3.19. The van der Waals surface area contributed by atoms with Crippen molar-refractivity contribution in [3.63, 3.8) is 0 Å². The molecule has 0 aliphatic rings. The Morgan fingerprint density at radius 3 is 2.94 bits per heavy atom. The lowest BCUT2D eigenvalue weighted by Crippen LogP contribution is -2.35. The molecule has 16 heavy (non-hydrogen) atoms. The van der Waals surface area contributed by atoms with E-state index in [1.807, 2.05) is 12.1 Å². The van der Waals surface area contributed by atoms with Gasteiger partial charge in [-0.15, -0.1) is 11.8 Å². The summed E-state index contributed by atoms with van der Waals surface area (Å²) >= 11 is 7.37. The average Bonchev–Trinajstić information content (AvgIpc) is 2.32. The van der Waals surface area contributed by atoms with Gasteiger partial charge in [-0.1, -0.05) is 18.5 Å². The van der Waals surface area contributed by atoms with Crippen LogP contribution >= 0.6 is 23.4 Å². The van der Waals surface area contributed by atoms with Crippen molar-refractivity contribution in [1.82, 2.24) is 10.3 Å². The van der Waals surface area contributed by atoms with E-state index >= 15 is 0 Å². The molecule has 1 atom stereocenters. The lowest BCUT2D eigenvalue weighted by atomic mass is 10.3. The second-order valence-electron chi connectivity index (χ2n) is 3.46. The number of nitrogens with zero attached hydrogens (tertiary/aromatic N) is 1. The Morgan fingerprint density at radius 1 is 1.56 bits per heavy atom. The molecule has 0 fully saturated rings. The molecule has 90 valence electrons. The zero-order valence-electron chi connectivity index (χ0n) is 9.32. The molecule has 0 bridgehead atoms. The van der Waals surface area contributed by atoms with Crippen LogP contribution in [0.5, 0.6) is 0 Å². The third-order valence-electron chi connectivity index (χ3n) is 2.04. The number of halogens is 1. The average molecular weight is 261 g/mol. The highest BCUT2D eigenvalue weighted by molar-refractivity contribution is 7.99. The van der Waals surface area contributed by atoms with Crippen molar-refractivity contribution in [3.05, 3.63) is 23.4 Å². The lowest BCUT2D eigenvalue weighted by Gasteiger charge is -2.14. The van der Waals surface area contributed by atoms with Gasteiger partial charge in [0.05, 0.1) is 16.7 Å². The van der Waals surface area contributed by atoms with Gasteiger partial charge < -0.3 is 10.4 Å². The third kappa shape index (κ3) is 5.16. The van der Waals surface area contributed by atoms with Crippen molar-refractivity contribution in [3.8, 4) is 0 Å². The molecule has 1 unspecified atom stereocenters. The molecule has 0 spiro atoms. The van der Waals surface area contributed by atoms with Crippen LogP contribution in [-0.2, 0) is 0 Å². The monoisotopic (exact) mass is 260 g/mol. The number of nitrogens with one attached hydrogen (secondary N) is 1. The van der Waals surface area contributed by atoms with E-state index in [0.29, 0.717) is 5.02 Å². The summed E-state index contributed by atoms with van der Waals surface area (Å²) in [6, 6.07) is 3.84. The molecular weight excluding hydrogens is 244 g/mol. The van der Waals surface area contributed by atoms with Gasteiger partial charge in [0.2, 0.25) is 0 Å². The SMILES string of the molecule is CCCNC(CO)CSc1ccc(Cl)cn1. The number of aromatic nitrogens is 1. The standard InChI is InChI=1S/C11H17ClN2OS/c1-2-5-13-10(7-15)8-16-11-4-3-9(12)6-14-11/h3-4,6,10,13,15H,2,5,7-8H2,1H3. The fourth-order valence-corrected chi connectivity index (χ4v) is 2.16. The maximum Gasteiger partial charge on any atom is 0.0961 e. The predicted octanol–water partition coefficient (Wildman–Crippen LogP) is 2.19. The van der Waals surface area contributed by atoms with Gasteiger partial charge in [-0.05, 0) is 25.1 Å². The number of thioether (sulfide) groups is 1. The van der Waals surface area contributed by atoms with E-state index in [1.165, 1.54) is 0 Å². The van der Waals surface area contributed by atoms with Crippen LogP contribution in [0.25, 0.3) is 0 Å². The summed E-state index contributed by atoms with van der Waals surface area (Å²) in [5, 5.41) is 14.0. The highest BCUT2D eigenvalue weighted by atomic mass is 35.5. The minimum absolute atomic E-state index is 0.127. The molecule has 1 aromatic heterocycles. The summed E-state index contributed by atoms with van der Waals surface area (Å²) in [6.07, 6.45) is 2.71. The molecule has 0 saturated carbocycles. The van der Waals surface area contributed by atoms with E-state index < -0.39 is 0 Å². The van der Waals surface area contributed by atoms with Gasteiger partial charge in [-0.25, -0.2) is 4.98 Å². The molecule has 1 heterocycles. The van der Waals surface area contributed by atoms with Gasteiger partial charge in [0.15, 0.2) is 0 Å². The minimum Gasteiger partial charge on any atom is -0.395 e. The van der Waals surface area contributed by atoms with Crippen LogP contribution in [0.4, 0.5) is 0 Å². The van der Waals surface area contributed by atoms with Gasteiger partial charge >= 0.3 is 0 Å². The lowest BCUT2D eigenvalue weighted by molar-refractivity contribution is 0.254. The molecule has 1 rings (SSSR count). The van der Waals surface area contributed by atoms with E-state index in [2.05, 4.69) is 17.2 Å².